The smallest absolute Gasteiger partial charge is 0.151 e. The number of hydrogen-bond acceptors (Lipinski definition) is 4. The Kier molecular flexibility index (Phi) is 5.56. The molecule has 1 aliphatic heterocycles. The van der Waals surface area contributed by atoms with Gasteiger partial charge in [-0.05, 0) is 24.8 Å². The molecule has 0 aliphatic carbocycles. The molecule has 2 aromatic rings. The first kappa shape index (κ1) is 16.7. The number of thioether (sulfide) groups is 1. The summed E-state index contributed by atoms with van der Waals surface area (Å²) in [4.78, 5) is 4.68. The van der Waals surface area contributed by atoms with Crippen LogP contribution >= 0.6 is 23.4 Å². The number of rotatable bonds is 6. The molecule has 1 aromatic heterocycles. The number of ether oxygens (including phenoxy) is 1. The Hall–Kier alpha value is -1.11. The van der Waals surface area contributed by atoms with Gasteiger partial charge >= 0.3 is 0 Å². The van der Waals surface area contributed by atoms with E-state index in [1.165, 1.54) is 6.07 Å². The predicted octanol–water partition coefficient (Wildman–Crippen LogP) is 3.53. The van der Waals surface area contributed by atoms with Crippen LogP contribution in [0, 0.1) is 5.82 Å². The minimum Gasteiger partial charge on any atom is -0.381 e. The molecule has 1 fully saturated rings. The zero-order chi connectivity index (χ0) is 16.2. The van der Waals surface area contributed by atoms with Crippen molar-refractivity contribution >= 4 is 23.4 Å². The zero-order valence-electron chi connectivity index (χ0n) is 13.0. The van der Waals surface area contributed by atoms with Gasteiger partial charge in [0.15, 0.2) is 5.82 Å². The Bertz CT molecular complexity index is 653. The van der Waals surface area contributed by atoms with Crippen molar-refractivity contribution in [1.29, 1.82) is 0 Å². The largest absolute Gasteiger partial charge is 0.381 e. The van der Waals surface area contributed by atoms with Crippen molar-refractivity contribution in [2.24, 2.45) is 0 Å². The van der Waals surface area contributed by atoms with Gasteiger partial charge in [0.1, 0.15) is 11.6 Å². The Morgan fingerprint density at radius 3 is 3.04 bits per heavy atom. The summed E-state index contributed by atoms with van der Waals surface area (Å²) in [5.41, 5.74) is 0.454. The van der Waals surface area contributed by atoms with Gasteiger partial charge in [0.2, 0.25) is 0 Å². The van der Waals surface area contributed by atoms with Crippen LogP contribution in [-0.2, 0) is 17.7 Å². The van der Waals surface area contributed by atoms with Gasteiger partial charge in [0.25, 0.3) is 0 Å². The van der Waals surface area contributed by atoms with E-state index in [4.69, 9.17) is 16.3 Å². The molecule has 1 atom stereocenters. The first-order chi connectivity index (χ1) is 11.2. The van der Waals surface area contributed by atoms with Crippen molar-refractivity contribution in [2.75, 3.05) is 25.2 Å². The summed E-state index contributed by atoms with van der Waals surface area (Å²) in [5.74, 6) is 2.54. The minimum atomic E-state index is -0.313. The van der Waals surface area contributed by atoms with E-state index in [-0.39, 0.29) is 11.7 Å². The fourth-order valence-corrected chi connectivity index (χ4v) is 3.30. The average molecular weight is 356 g/mol. The minimum absolute atomic E-state index is 0.219. The second-order valence-electron chi connectivity index (χ2n) is 5.55. The normalized spacial score (nSPS) is 17.8. The second-order valence-corrected chi connectivity index (χ2v) is 6.94. The van der Waals surface area contributed by atoms with Crippen molar-refractivity contribution in [3.63, 3.8) is 0 Å². The molecular formula is C16H19ClFN3OS. The maximum atomic E-state index is 14.1. The molecule has 1 aromatic carbocycles. The van der Waals surface area contributed by atoms with Crippen molar-refractivity contribution in [3.8, 4) is 0 Å². The highest BCUT2D eigenvalue weighted by atomic mass is 35.5. The van der Waals surface area contributed by atoms with Gasteiger partial charge < -0.3 is 4.74 Å². The molecule has 0 spiro atoms. The Labute approximate surface area is 144 Å². The topological polar surface area (TPSA) is 39.9 Å². The van der Waals surface area contributed by atoms with Crippen LogP contribution in [0.5, 0.6) is 0 Å². The molecule has 0 unspecified atom stereocenters. The van der Waals surface area contributed by atoms with Crippen molar-refractivity contribution in [3.05, 3.63) is 46.3 Å². The predicted molar refractivity (Wildman–Crippen MR) is 90.8 cm³/mol. The zero-order valence-corrected chi connectivity index (χ0v) is 14.5. The molecule has 0 bridgehead atoms. The molecule has 4 nitrogen and oxygen atoms in total. The van der Waals surface area contributed by atoms with Crippen LogP contribution in [0.25, 0.3) is 0 Å². The van der Waals surface area contributed by atoms with Crippen molar-refractivity contribution in [1.82, 2.24) is 14.8 Å². The van der Waals surface area contributed by atoms with Crippen LogP contribution in [0.4, 0.5) is 4.39 Å². The van der Waals surface area contributed by atoms with E-state index in [9.17, 15) is 4.39 Å². The fourth-order valence-electron chi connectivity index (χ4n) is 2.69. The van der Waals surface area contributed by atoms with E-state index in [1.807, 2.05) is 0 Å². The van der Waals surface area contributed by atoms with Gasteiger partial charge in [0, 0.05) is 35.3 Å². The lowest BCUT2D eigenvalue weighted by atomic mass is 10.1. The van der Waals surface area contributed by atoms with Crippen LogP contribution in [0.2, 0.25) is 5.02 Å². The van der Waals surface area contributed by atoms with Crippen molar-refractivity contribution in [2.45, 2.75) is 25.3 Å². The quantitative estimate of drug-likeness (QED) is 0.794. The fraction of sp³-hybridized carbons (Fsp3) is 0.500. The van der Waals surface area contributed by atoms with Gasteiger partial charge in [-0.15, -0.1) is 0 Å². The third-order valence-corrected chi connectivity index (χ3v) is 4.90. The monoisotopic (exact) mass is 355 g/mol. The van der Waals surface area contributed by atoms with Crippen LogP contribution in [0.15, 0.2) is 18.2 Å². The summed E-state index contributed by atoms with van der Waals surface area (Å²) in [6, 6.07) is 4.73. The maximum Gasteiger partial charge on any atom is 0.151 e. The van der Waals surface area contributed by atoms with Gasteiger partial charge in [-0.2, -0.15) is 16.9 Å². The van der Waals surface area contributed by atoms with Crippen LogP contribution < -0.4 is 0 Å². The summed E-state index contributed by atoms with van der Waals surface area (Å²) in [7, 11) is 0. The van der Waals surface area contributed by atoms with E-state index >= 15 is 0 Å². The molecule has 124 valence electrons. The highest BCUT2D eigenvalue weighted by molar-refractivity contribution is 7.98. The van der Waals surface area contributed by atoms with E-state index in [2.05, 4.69) is 16.3 Å². The van der Waals surface area contributed by atoms with E-state index < -0.39 is 0 Å². The molecule has 7 heteroatoms. The number of benzene rings is 1. The second kappa shape index (κ2) is 7.64. The summed E-state index contributed by atoms with van der Waals surface area (Å²) in [5, 5.41) is 5.00. The molecule has 2 heterocycles. The molecule has 3 rings (SSSR count). The lowest BCUT2D eigenvalue weighted by Gasteiger charge is -2.11. The summed E-state index contributed by atoms with van der Waals surface area (Å²) >= 11 is 7.91. The third-order valence-electron chi connectivity index (χ3n) is 3.94. The number of hydrogen-bond donors (Lipinski definition) is 0. The lowest BCUT2D eigenvalue weighted by molar-refractivity contribution is 0.192. The van der Waals surface area contributed by atoms with E-state index in [1.54, 1.807) is 28.6 Å². The average Bonchev–Trinajstić information content (AvgIpc) is 3.18. The number of nitrogens with zero attached hydrogens (tertiary/aromatic N) is 3. The van der Waals surface area contributed by atoms with Gasteiger partial charge in [0.05, 0.1) is 13.2 Å². The molecule has 0 N–H and O–H groups in total. The summed E-state index contributed by atoms with van der Waals surface area (Å²) in [6.07, 6.45) is 3.78. The highest BCUT2D eigenvalue weighted by Gasteiger charge is 2.25. The molecule has 1 saturated heterocycles. The van der Waals surface area contributed by atoms with Crippen LogP contribution in [0.1, 0.15) is 29.6 Å². The number of aryl methyl sites for hydroxylation is 1. The summed E-state index contributed by atoms with van der Waals surface area (Å²) < 4.78 is 21.3. The van der Waals surface area contributed by atoms with Gasteiger partial charge in [-0.1, -0.05) is 17.7 Å². The Morgan fingerprint density at radius 2 is 2.35 bits per heavy atom. The van der Waals surface area contributed by atoms with Gasteiger partial charge in [-0.25, -0.2) is 14.1 Å². The summed E-state index contributed by atoms with van der Waals surface area (Å²) in [6.45, 7) is 1.67. The number of halogens is 2. The highest BCUT2D eigenvalue weighted by Crippen LogP contribution is 2.26. The van der Waals surface area contributed by atoms with Crippen molar-refractivity contribution < 1.29 is 9.13 Å². The number of aromatic nitrogens is 3. The standard InChI is InChI=1S/C16H19ClFN3OS/c1-23-8-6-15-19-16(11-5-7-22-10-11)21(20-15)9-12-13(17)3-2-4-14(12)18/h2-4,11H,5-10H2,1H3/t11-/m1/s1. The molecular weight excluding hydrogens is 337 g/mol. The molecule has 0 amide bonds. The molecule has 23 heavy (non-hydrogen) atoms. The van der Waals surface area contributed by atoms with Crippen LogP contribution in [0.3, 0.4) is 0 Å². The molecule has 0 radical (unpaired) electrons. The van der Waals surface area contributed by atoms with E-state index in [0.29, 0.717) is 23.7 Å². The van der Waals surface area contributed by atoms with Crippen LogP contribution in [-0.4, -0.2) is 40.0 Å². The maximum absolute atomic E-state index is 14.1. The Balaban J connectivity index is 1.91. The molecule has 0 saturated carbocycles. The lowest BCUT2D eigenvalue weighted by Crippen LogP contribution is -2.13. The first-order valence-corrected chi connectivity index (χ1v) is 9.39. The Morgan fingerprint density at radius 1 is 1.48 bits per heavy atom. The SMILES string of the molecule is CSCCc1nc([C@@H]2CCOC2)n(Cc2c(F)cccc2Cl)n1. The third kappa shape index (κ3) is 3.87. The molecule has 1 aliphatic rings. The van der Waals surface area contributed by atoms with E-state index in [0.717, 1.165) is 36.9 Å². The van der Waals surface area contributed by atoms with Gasteiger partial charge in [-0.3, -0.25) is 0 Å². The first-order valence-electron chi connectivity index (χ1n) is 7.62.